The summed E-state index contributed by atoms with van der Waals surface area (Å²) >= 11 is 0. The van der Waals surface area contributed by atoms with Crippen LogP contribution in [0.1, 0.15) is 22.5 Å². The highest BCUT2D eigenvalue weighted by molar-refractivity contribution is 5.92. The molecular formula is C20H21N3O. The quantitative estimate of drug-likeness (QED) is 0.779. The van der Waals surface area contributed by atoms with Crippen LogP contribution in [0.15, 0.2) is 60.9 Å². The summed E-state index contributed by atoms with van der Waals surface area (Å²) in [6, 6.07) is 15.9. The van der Waals surface area contributed by atoms with Crippen molar-refractivity contribution in [1.82, 2.24) is 9.55 Å². The van der Waals surface area contributed by atoms with E-state index in [0.29, 0.717) is 6.42 Å². The van der Waals surface area contributed by atoms with E-state index in [1.165, 1.54) is 5.56 Å². The third-order valence-corrected chi connectivity index (χ3v) is 4.13. The molecule has 1 N–H and O–H groups in total. The fraction of sp³-hybridized carbons (Fsp3) is 0.200. The number of aryl methyl sites for hydroxylation is 2. The maximum Gasteiger partial charge on any atom is 0.228 e. The second kappa shape index (κ2) is 7.13. The molecule has 24 heavy (non-hydrogen) atoms. The first-order valence-corrected chi connectivity index (χ1v) is 8.03. The van der Waals surface area contributed by atoms with Gasteiger partial charge in [-0.15, -0.1) is 0 Å². The van der Waals surface area contributed by atoms with Crippen molar-refractivity contribution in [1.29, 1.82) is 0 Å². The Morgan fingerprint density at radius 1 is 1.08 bits per heavy atom. The molecule has 0 unspecified atom stereocenters. The molecule has 3 rings (SSSR count). The average Bonchev–Trinajstić information content (AvgIpc) is 2.96. The van der Waals surface area contributed by atoms with Gasteiger partial charge in [-0.25, -0.2) is 4.98 Å². The standard InChI is InChI=1S/C20H21N3O/c1-15-5-3-4-6-18(15)13-20(24)22-19-9-7-17(8-10-19)14-23-12-11-21-16(23)2/h3-12H,13-14H2,1-2H3,(H,22,24). The minimum absolute atomic E-state index is 0.00232. The molecule has 3 aromatic rings. The zero-order valence-electron chi connectivity index (χ0n) is 14.0. The number of hydrogen-bond acceptors (Lipinski definition) is 2. The van der Waals surface area contributed by atoms with E-state index >= 15 is 0 Å². The van der Waals surface area contributed by atoms with Crippen molar-refractivity contribution < 1.29 is 4.79 Å². The number of amides is 1. The van der Waals surface area contributed by atoms with Crippen molar-refractivity contribution in [3.8, 4) is 0 Å². The number of hydrogen-bond donors (Lipinski definition) is 1. The molecule has 0 aliphatic carbocycles. The number of benzene rings is 2. The Morgan fingerprint density at radius 2 is 1.83 bits per heavy atom. The van der Waals surface area contributed by atoms with E-state index in [9.17, 15) is 4.79 Å². The van der Waals surface area contributed by atoms with E-state index in [4.69, 9.17) is 0 Å². The van der Waals surface area contributed by atoms with Gasteiger partial charge in [0.15, 0.2) is 0 Å². The van der Waals surface area contributed by atoms with Crippen LogP contribution in [-0.4, -0.2) is 15.5 Å². The molecule has 0 spiro atoms. The molecule has 0 fully saturated rings. The summed E-state index contributed by atoms with van der Waals surface area (Å²) in [7, 11) is 0. The molecule has 0 bridgehead atoms. The molecule has 0 radical (unpaired) electrons. The number of rotatable bonds is 5. The Balaban J connectivity index is 1.61. The summed E-state index contributed by atoms with van der Waals surface area (Å²) in [5, 5.41) is 2.96. The Labute approximate surface area is 142 Å². The third kappa shape index (κ3) is 3.90. The van der Waals surface area contributed by atoms with Crippen LogP contribution in [-0.2, 0) is 17.8 Å². The summed E-state index contributed by atoms with van der Waals surface area (Å²) in [4.78, 5) is 16.4. The number of imidazole rings is 1. The maximum absolute atomic E-state index is 12.2. The van der Waals surface area contributed by atoms with Crippen molar-refractivity contribution >= 4 is 11.6 Å². The van der Waals surface area contributed by atoms with E-state index in [2.05, 4.69) is 14.9 Å². The number of carbonyl (C=O) groups is 1. The molecule has 122 valence electrons. The van der Waals surface area contributed by atoms with Gasteiger partial charge in [0.25, 0.3) is 0 Å². The van der Waals surface area contributed by atoms with Gasteiger partial charge in [0.05, 0.1) is 6.42 Å². The molecule has 1 aromatic heterocycles. The molecule has 2 aromatic carbocycles. The molecule has 0 atom stereocenters. The van der Waals surface area contributed by atoms with Crippen molar-refractivity contribution in [3.05, 3.63) is 83.4 Å². The van der Waals surface area contributed by atoms with Crippen LogP contribution in [0, 0.1) is 13.8 Å². The molecule has 4 heteroatoms. The van der Waals surface area contributed by atoms with Gasteiger partial charge in [-0.3, -0.25) is 4.79 Å². The number of nitrogens with zero attached hydrogens (tertiary/aromatic N) is 2. The van der Waals surface area contributed by atoms with Crippen LogP contribution in [0.25, 0.3) is 0 Å². The summed E-state index contributed by atoms with van der Waals surface area (Å²) in [6.45, 7) is 4.79. The molecule has 0 saturated heterocycles. The lowest BCUT2D eigenvalue weighted by Gasteiger charge is -2.09. The molecule has 0 aliphatic heterocycles. The van der Waals surface area contributed by atoms with Crippen molar-refractivity contribution in [2.75, 3.05) is 5.32 Å². The lowest BCUT2D eigenvalue weighted by atomic mass is 10.1. The predicted octanol–water partition coefficient (Wildman–Crippen LogP) is 3.73. The second-order valence-electron chi connectivity index (χ2n) is 5.95. The van der Waals surface area contributed by atoms with Crippen molar-refractivity contribution in [2.45, 2.75) is 26.8 Å². The number of carbonyl (C=O) groups excluding carboxylic acids is 1. The lowest BCUT2D eigenvalue weighted by Crippen LogP contribution is -2.15. The highest BCUT2D eigenvalue weighted by Gasteiger charge is 2.06. The number of nitrogens with one attached hydrogen (secondary N) is 1. The molecule has 0 saturated carbocycles. The first kappa shape index (κ1) is 16.0. The van der Waals surface area contributed by atoms with Crippen LogP contribution in [0.5, 0.6) is 0 Å². The molecule has 1 heterocycles. The third-order valence-electron chi connectivity index (χ3n) is 4.13. The summed E-state index contributed by atoms with van der Waals surface area (Å²) in [6.07, 6.45) is 4.16. The van der Waals surface area contributed by atoms with Gasteiger partial charge < -0.3 is 9.88 Å². The molecule has 1 amide bonds. The minimum Gasteiger partial charge on any atom is -0.331 e. The smallest absolute Gasteiger partial charge is 0.228 e. The summed E-state index contributed by atoms with van der Waals surface area (Å²) in [5.41, 5.74) is 4.19. The van der Waals surface area contributed by atoms with E-state index in [1.807, 2.05) is 68.6 Å². The summed E-state index contributed by atoms with van der Waals surface area (Å²) in [5.74, 6) is 0.994. The zero-order valence-corrected chi connectivity index (χ0v) is 14.0. The van der Waals surface area contributed by atoms with E-state index in [1.54, 1.807) is 6.20 Å². The normalized spacial score (nSPS) is 10.6. The monoisotopic (exact) mass is 319 g/mol. The lowest BCUT2D eigenvalue weighted by molar-refractivity contribution is -0.115. The van der Waals surface area contributed by atoms with Crippen LogP contribution in [0.3, 0.4) is 0 Å². The van der Waals surface area contributed by atoms with Crippen molar-refractivity contribution in [2.24, 2.45) is 0 Å². The average molecular weight is 319 g/mol. The SMILES string of the molecule is Cc1ccccc1CC(=O)Nc1ccc(Cn2ccnc2C)cc1. The van der Waals surface area contributed by atoms with Gasteiger partial charge in [0.2, 0.25) is 5.91 Å². The summed E-state index contributed by atoms with van der Waals surface area (Å²) < 4.78 is 2.09. The predicted molar refractivity (Wildman–Crippen MR) is 96.0 cm³/mol. The molecule has 0 aliphatic rings. The van der Waals surface area contributed by atoms with Crippen molar-refractivity contribution in [3.63, 3.8) is 0 Å². The van der Waals surface area contributed by atoms with Gasteiger partial charge in [-0.05, 0) is 42.7 Å². The molecular weight excluding hydrogens is 298 g/mol. The Kier molecular flexibility index (Phi) is 4.75. The first-order chi connectivity index (χ1) is 11.6. The van der Waals surface area contributed by atoms with Crippen LogP contribution in [0.4, 0.5) is 5.69 Å². The fourth-order valence-corrected chi connectivity index (χ4v) is 2.65. The van der Waals surface area contributed by atoms with E-state index in [0.717, 1.165) is 29.2 Å². The zero-order chi connectivity index (χ0) is 16.9. The Hall–Kier alpha value is -2.88. The van der Waals surface area contributed by atoms with Gasteiger partial charge >= 0.3 is 0 Å². The van der Waals surface area contributed by atoms with Crippen LogP contribution in [0.2, 0.25) is 0 Å². The van der Waals surface area contributed by atoms with Gasteiger partial charge in [0.1, 0.15) is 5.82 Å². The number of anilines is 1. The Morgan fingerprint density at radius 3 is 2.50 bits per heavy atom. The van der Waals surface area contributed by atoms with E-state index < -0.39 is 0 Å². The fourth-order valence-electron chi connectivity index (χ4n) is 2.65. The minimum atomic E-state index is 0.00232. The number of aromatic nitrogens is 2. The highest BCUT2D eigenvalue weighted by Crippen LogP contribution is 2.13. The van der Waals surface area contributed by atoms with E-state index in [-0.39, 0.29) is 5.91 Å². The van der Waals surface area contributed by atoms with Gasteiger partial charge in [-0.1, -0.05) is 36.4 Å². The van der Waals surface area contributed by atoms with Gasteiger partial charge in [-0.2, -0.15) is 0 Å². The van der Waals surface area contributed by atoms with Gasteiger partial charge in [0, 0.05) is 24.6 Å². The first-order valence-electron chi connectivity index (χ1n) is 8.03. The maximum atomic E-state index is 12.2. The van der Waals surface area contributed by atoms with Crippen LogP contribution >= 0.6 is 0 Å². The van der Waals surface area contributed by atoms with Crippen LogP contribution < -0.4 is 5.32 Å². The molecule has 4 nitrogen and oxygen atoms in total. The highest BCUT2D eigenvalue weighted by atomic mass is 16.1. The topological polar surface area (TPSA) is 46.9 Å². The largest absolute Gasteiger partial charge is 0.331 e. The second-order valence-corrected chi connectivity index (χ2v) is 5.95. The Bertz CT molecular complexity index is 834.